The Balaban J connectivity index is 1.78. The van der Waals surface area contributed by atoms with Crippen LogP contribution in [0.2, 0.25) is 0 Å². The van der Waals surface area contributed by atoms with E-state index < -0.39 is 0 Å². The lowest BCUT2D eigenvalue weighted by Gasteiger charge is -2.19. The van der Waals surface area contributed by atoms with Crippen LogP contribution in [0, 0.1) is 0 Å². The Bertz CT molecular complexity index is 695. The molecule has 2 heterocycles. The van der Waals surface area contributed by atoms with Crippen molar-refractivity contribution in [1.82, 2.24) is 4.90 Å². The fourth-order valence-electron chi connectivity index (χ4n) is 2.57. The van der Waals surface area contributed by atoms with E-state index in [9.17, 15) is 4.79 Å². The van der Waals surface area contributed by atoms with E-state index in [1.165, 1.54) is 11.3 Å². The number of nitrogens with zero attached hydrogens (tertiary/aromatic N) is 1. The maximum atomic E-state index is 12.6. The Hall–Kier alpha value is -2.01. The van der Waals surface area contributed by atoms with Crippen LogP contribution in [-0.4, -0.2) is 30.7 Å². The van der Waals surface area contributed by atoms with Crippen LogP contribution in [0.15, 0.2) is 30.3 Å². The molecule has 0 spiro atoms. The number of fused-ring (bicyclic) bond motifs is 1. The molecule has 0 saturated carbocycles. The minimum absolute atomic E-state index is 0.123. The van der Waals surface area contributed by atoms with Crippen LogP contribution in [0.3, 0.4) is 0 Å². The topological polar surface area (TPSA) is 38.8 Å². The molecular weight excluding hydrogens is 310 g/mol. The van der Waals surface area contributed by atoms with E-state index in [4.69, 9.17) is 9.47 Å². The molecule has 0 saturated heterocycles. The predicted molar refractivity (Wildman–Crippen MR) is 92.4 cm³/mol. The molecule has 5 heteroatoms. The zero-order valence-corrected chi connectivity index (χ0v) is 14.3. The summed E-state index contributed by atoms with van der Waals surface area (Å²) in [7, 11) is 0. The van der Waals surface area contributed by atoms with E-state index in [0.717, 1.165) is 52.7 Å². The standard InChI is InChI=1S/C18H21NO3S/c1-3-5-10-19(4-2)18(20)17-9-8-16(23-17)13-6-7-14-15(11-13)22-12-21-14/h6-9,11H,3-5,10,12H2,1-2H3. The van der Waals surface area contributed by atoms with E-state index >= 15 is 0 Å². The average molecular weight is 331 g/mol. The van der Waals surface area contributed by atoms with Crippen molar-refractivity contribution in [2.75, 3.05) is 19.9 Å². The zero-order valence-electron chi connectivity index (χ0n) is 13.5. The summed E-state index contributed by atoms with van der Waals surface area (Å²) in [6, 6.07) is 9.81. The van der Waals surface area contributed by atoms with Crippen LogP contribution in [0.1, 0.15) is 36.4 Å². The summed E-state index contributed by atoms with van der Waals surface area (Å²) in [6.45, 7) is 6.01. The third kappa shape index (κ3) is 3.34. The summed E-state index contributed by atoms with van der Waals surface area (Å²) < 4.78 is 10.8. The van der Waals surface area contributed by atoms with Gasteiger partial charge in [-0.15, -0.1) is 11.3 Å². The second-order valence-electron chi connectivity index (χ2n) is 5.47. The second kappa shape index (κ2) is 7.04. The summed E-state index contributed by atoms with van der Waals surface area (Å²) in [5.41, 5.74) is 1.05. The molecule has 0 aliphatic carbocycles. The molecule has 122 valence electrons. The van der Waals surface area contributed by atoms with Crippen molar-refractivity contribution >= 4 is 17.2 Å². The number of carbonyl (C=O) groups is 1. The Labute approximate surface area is 140 Å². The van der Waals surface area contributed by atoms with Crippen LogP contribution >= 0.6 is 11.3 Å². The van der Waals surface area contributed by atoms with Crippen molar-refractivity contribution < 1.29 is 14.3 Å². The smallest absolute Gasteiger partial charge is 0.263 e. The van der Waals surface area contributed by atoms with Crippen molar-refractivity contribution in [2.24, 2.45) is 0 Å². The SMILES string of the molecule is CCCCN(CC)C(=O)c1ccc(-c2ccc3c(c2)OCO3)s1. The molecule has 1 amide bonds. The van der Waals surface area contributed by atoms with Crippen molar-refractivity contribution in [3.8, 4) is 21.9 Å². The Morgan fingerprint density at radius 3 is 2.78 bits per heavy atom. The fourth-order valence-corrected chi connectivity index (χ4v) is 3.54. The van der Waals surface area contributed by atoms with Gasteiger partial charge in [-0.25, -0.2) is 0 Å². The summed E-state index contributed by atoms with van der Waals surface area (Å²) in [5, 5.41) is 0. The molecule has 1 aliphatic rings. The first-order valence-electron chi connectivity index (χ1n) is 8.02. The predicted octanol–water partition coefficient (Wildman–Crippen LogP) is 4.41. The average Bonchev–Trinajstić information content (AvgIpc) is 3.23. The number of carbonyl (C=O) groups excluding carboxylic acids is 1. The summed E-state index contributed by atoms with van der Waals surface area (Å²) in [4.78, 5) is 16.4. The highest BCUT2D eigenvalue weighted by atomic mass is 32.1. The quantitative estimate of drug-likeness (QED) is 0.787. The Kier molecular flexibility index (Phi) is 4.86. The first-order valence-corrected chi connectivity index (χ1v) is 8.83. The number of thiophene rings is 1. The first kappa shape index (κ1) is 15.9. The van der Waals surface area contributed by atoms with Gasteiger partial charge < -0.3 is 14.4 Å². The van der Waals surface area contributed by atoms with E-state index in [2.05, 4.69) is 6.92 Å². The van der Waals surface area contributed by atoms with Gasteiger partial charge in [0.1, 0.15) is 0 Å². The van der Waals surface area contributed by atoms with Gasteiger partial charge in [-0.05, 0) is 49.2 Å². The van der Waals surface area contributed by atoms with Gasteiger partial charge in [0.2, 0.25) is 6.79 Å². The van der Waals surface area contributed by atoms with E-state index in [-0.39, 0.29) is 12.7 Å². The fraction of sp³-hybridized carbons (Fsp3) is 0.389. The Morgan fingerprint density at radius 2 is 2.00 bits per heavy atom. The minimum Gasteiger partial charge on any atom is -0.454 e. The molecule has 0 bridgehead atoms. The molecule has 0 N–H and O–H groups in total. The van der Waals surface area contributed by atoms with Gasteiger partial charge in [-0.2, -0.15) is 0 Å². The molecule has 1 aromatic carbocycles. The largest absolute Gasteiger partial charge is 0.454 e. The first-order chi connectivity index (χ1) is 11.2. The van der Waals surface area contributed by atoms with E-state index in [1.807, 2.05) is 42.2 Å². The molecule has 0 fully saturated rings. The van der Waals surface area contributed by atoms with E-state index in [0.29, 0.717) is 0 Å². The number of unbranched alkanes of at least 4 members (excludes halogenated alkanes) is 1. The lowest BCUT2D eigenvalue weighted by Crippen LogP contribution is -2.31. The monoisotopic (exact) mass is 331 g/mol. The molecule has 23 heavy (non-hydrogen) atoms. The van der Waals surface area contributed by atoms with Crippen molar-refractivity contribution in [2.45, 2.75) is 26.7 Å². The van der Waals surface area contributed by atoms with Crippen LogP contribution in [0.25, 0.3) is 10.4 Å². The third-order valence-electron chi connectivity index (χ3n) is 3.92. The zero-order chi connectivity index (χ0) is 16.2. The lowest BCUT2D eigenvalue weighted by atomic mass is 10.1. The maximum absolute atomic E-state index is 12.6. The van der Waals surface area contributed by atoms with Crippen molar-refractivity contribution in [3.63, 3.8) is 0 Å². The highest BCUT2D eigenvalue weighted by Gasteiger charge is 2.18. The molecule has 1 aromatic heterocycles. The van der Waals surface area contributed by atoms with E-state index in [1.54, 1.807) is 0 Å². The normalized spacial score (nSPS) is 12.4. The summed E-state index contributed by atoms with van der Waals surface area (Å²) in [6.07, 6.45) is 2.14. The van der Waals surface area contributed by atoms with Crippen LogP contribution < -0.4 is 9.47 Å². The molecule has 0 atom stereocenters. The van der Waals surface area contributed by atoms with Crippen LogP contribution in [-0.2, 0) is 0 Å². The maximum Gasteiger partial charge on any atom is 0.263 e. The lowest BCUT2D eigenvalue weighted by molar-refractivity contribution is 0.0767. The molecular formula is C18H21NO3S. The van der Waals surface area contributed by atoms with Crippen molar-refractivity contribution in [3.05, 3.63) is 35.2 Å². The van der Waals surface area contributed by atoms with Crippen LogP contribution in [0.5, 0.6) is 11.5 Å². The number of ether oxygens (including phenoxy) is 2. The van der Waals surface area contributed by atoms with Gasteiger partial charge in [0.15, 0.2) is 11.5 Å². The summed E-state index contributed by atoms with van der Waals surface area (Å²) >= 11 is 1.53. The van der Waals surface area contributed by atoms with Crippen LogP contribution in [0.4, 0.5) is 0 Å². The van der Waals surface area contributed by atoms with Gasteiger partial charge in [0.05, 0.1) is 4.88 Å². The van der Waals surface area contributed by atoms with Gasteiger partial charge in [0.25, 0.3) is 5.91 Å². The number of amides is 1. The summed E-state index contributed by atoms with van der Waals surface area (Å²) in [5.74, 6) is 1.66. The highest BCUT2D eigenvalue weighted by Crippen LogP contribution is 2.38. The molecule has 0 unspecified atom stereocenters. The molecule has 1 aliphatic heterocycles. The Morgan fingerprint density at radius 1 is 1.17 bits per heavy atom. The second-order valence-corrected chi connectivity index (χ2v) is 6.55. The number of benzene rings is 1. The van der Waals surface area contributed by atoms with Gasteiger partial charge in [-0.3, -0.25) is 4.79 Å². The molecule has 2 aromatic rings. The van der Waals surface area contributed by atoms with Gasteiger partial charge in [0, 0.05) is 18.0 Å². The number of rotatable bonds is 6. The highest BCUT2D eigenvalue weighted by molar-refractivity contribution is 7.17. The number of hydrogen-bond donors (Lipinski definition) is 0. The van der Waals surface area contributed by atoms with Crippen molar-refractivity contribution in [1.29, 1.82) is 0 Å². The minimum atomic E-state index is 0.123. The number of hydrogen-bond acceptors (Lipinski definition) is 4. The molecule has 3 rings (SSSR count). The molecule has 0 radical (unpaired) electrons. The third-order valence-corrected chi connectivity index (χ3v) is 5.05. The van der Waals surface area contributed by atoms with Gasteiger partial charge >= 0.3 is 0 Å². The van der Waals surface area contributed by atoms with Gasteiger partial charge in [-0.1, -0.05) is 13.3 Å². The molecule has 4 nitrogen and oxygen atoms in total.